The van der Waals surface area contributed by atoms with E-state index in [2.05, 4.69) is 36.0 Å². The van der Waals surface area contributed by atoms with Crippen LogP contribution in [0.5, 0.6) is 0 Å². The molecule has 0 unspecified atom stereocenters. The lowest BCUT2D eigenvalue weighted by atomic mass is 10.2. The number of hydrogen-bond donors (Lipinski definition) is 4. The van der Waals surface area contributed by atoms with Gasteiger partial charge in [-0.1, -0.05) is 0 Å². The number of nitrogens with two attached hydrogens (primary N) is 1. The van der Waals surface area contributed by atoms with Crippen LogP contribution in [-0.2, 0) is 13.5 Å². The first-order valence-electron chi connectivity index (χ1n) is 6.15. The molecule has 0 fully saturated rings. The molecular weight excluding hydrogens is 258 g/mol. The Bertz CT molecular complexity index is 714. The third kappa shape index (κ3) is 2.38. The maximum atomic E-state index is 5.35. The molecule has 0 aliphatic heterocycles. The van der Waals surface area contributed by atoms with Gasteiger partial charge < -0.3 is 5.32 Å². The Morgan fingerprint density at radius 1 is 1.35 bits per heavy atom. The largest absolute Gasteiger partial charge is 0.369 e. The van der Waals surface area contributed by atoms with E-state index < -0.39 is 0 Å². The summed E-state index contributed by atoms with van der Waals surface area (Å²) < 4.78 is 1.78. The van der Waals surface area contributed by atoms with Gasteiger partial charge in [-0.05, 0) is 12.0 Å². The first-order chi connectivity index (χ1) is 9.76. The van der Waals surface area contributed by atoms with E-state index in [1.165, 1.54) is 0 Å². The standard InChI is InChI=1S/C11H15N9/c1-20-6-7(4-15-20)2-3-13-9-8-5-14-19-10(8)17-11(16-9)18-12/h4-6H,2-3,12H2,1H3,(H3,13,14,16,17,18,19). The molecule has 0 aliphatic carbocycles. The van der Waals surface area contributed by atoms with Gasteiger partial charge in [-0.3, -0.25) is 15.2 Å². The molecule has 0 amide bonds. The number of aryl methyl sites for hydroxylation is 1. The smallest absolute Gasteiger partial charge is 0.241 e. The fraction of sp³-hybridized carbons (Fsp3) is 0.273. The Kier molecular flexibility index (Phi) is 3.17. The minimum absolute atomic E-state index is 0.339. The Balaban J connectivity index is 1.74. The van der Waals surface area contributed by atoms with Crippen molar-refractivity contribution in [2.45, 2.75) is 6.42 Å². The van der Waals surface area contributed by atoms with E-state index in [4.69, 9.17) is 5.84 Å². The highest BCUT2D eigenvalue weighted by Gasteiger charge is 2.08. The Morgan fingerprint density at radius 2 is 2.25 bits per heavy atom. The second-order valence-corrected chi connectivity index (χ2v) is 4.37. The number of aromatic nitrogens is 6. The number of hydrazine groups is 1. The van der Waals surface area contributed by atoms with Crippen molar-refractivity contribution in [1.82, 2.24) is 29.9 Å². The molecule has 20 heavy (non-hydrogen) atoms. The van der Waals surface area contributed by atoms with Gasteiger partial charge in [-0.25, -0.2) is 5.84 Å². The zero-order valence-electron chi connectivity index (χ0n) is 11.0. The van der Waals surface area contributed by atoms with Crippen LogP contribution in [0.15, 0.2) is 18.6 Å². The van der Waals surface area contributed by atoms with E-state index in [9.17, 15) is 0 Å². The molecule has 0 saturated heterocycles. The van der Waals surface area contributed by atoms with Crippen LogP contribution in [0.1, 0.15) is 5.56 Å². The van der Waals surface area contributed by atoms with E-state index in [1.54, 1.807) is 10.9 Å². The van der Waals surface area contributed by atoms with E-state index in [1.807, 2.05) is 19.4 Å². The maximum Gasteiger partial charge on any atom is 0.241 e. The molecule has 3 rings (SSSR count). The number of nitrogens with zero attached hydrogens (tertiary/aromatic N) is 5. The molecule has 3 aromatic rings. The number of aromatic amines is 1. The van der Waals surface area contributed by atoms with Gasteiger partial charge >= 0.3 is 0 Å². The Morgan fingerprint density at radius 3 is 3.00 bits per heavy atom. The third-order valence-corrected chi connectivity index (χ3v) is 2.90. The summed E-state index contributed by atoms with van der Waals surface area (Å²) in [5, 5.41) is 15.0. The average Bonchev–Trinajstić information content (AvgIpc) is 3.07. The second-order valence-electron chi connectivity index (χ2n) is 4.37. The number of anilines is 2. The first kappa shape index (κ1) is 12.4. The highest BCUT2D eigenvalue weighted by atomic mass is 15.3. The summed E-state index contributed by atoms with van der Waals surface area (Å²) in [4.78, 5) is 8.45. The second kappa shape index (κ2) is 5.13. The van der Waals surface area contributed by atoms with Crippen LogP contribution in [0.3, 0.4) is 0 Å². The molecule has 0 bridgehead atoms. The van der Waals surface area contributed by atoms with Crippen LogP contribution in [0.2, 0.25) is 0 Å². The van der Waals surface area contributed by atoms with Crippen molar-refractivity contribution in [2.75, 3.05) is 17.3 Å². The molecule has 3 heterocycles. The summed E-state index contributed by atoms with van der Waals surface area (Å²) in [5.74, 6) is 6.39. The van der Waals surface area contributed by atoms with Crippen molar-refractivity contribution in [3.8, 4) is 0 Å². The van der Waals surface area contributed by atoms with Crippen molar-refractivity contribution in [3.63, 3.8) is 0 Å². The molecule has 0 radical (unpaired) electrons. The van der Waals surface area contributed by atoms with Crippen molar-refractivity contribution < 1.29 is 0 Å². The number of fused-ring (bicyclic) bond motifs is 1. The van der Waals surface area contributed by atoms with Gasteiger partial charge in [0.2, 0.25) is 5.95 Å². The SMILES string of the molecule is Cn1cc(CCNc2nc(NN)nc3[nH]ncc23)cn1. The number of rotatable bonds is 5. The lowest BCUT2D eigenvalue weighted by Crippen LogP contribution is -2.13. The van der Waals surface area contributed by atoms with Crippen LogP contribution in [0.4, 0.5) is 11.8 Å². The number of hydrogen-bond acceptors (Lipinski definition) is 7. The van der Waals surface area contributed by atoms with Gasteiger partial charge in [0.05, 0.1) is 17.8 Å². The van der Waals surface area contributed by atoms with Gasteiger partial charge in [-0.15, -0.1) is 0 Å². The van der Waals surface area contributed by atoms with Crippen LogP contribution in [0, 0.1) is 0 Å². The van der Waals surface area contributed by atoms with Crippen LogP contribution >= 0.6 is 0 Å². The highest BCUT2D eigenvalue weighted by Crippen LogP contribution is 2.19. The Labute approximate surface area is 114 Å². The fourth-order valence-electron chi connectivity index (χ4n) is 1.96. The van der Waals surface area contributed by atoms with E-state index in [0.29, 0.717) is 17.4 Å². The molecule has 9 heteroatoms. The number of nitrogens with one attached hydrogen (secondary N) is 3. The zero-order chi connectivity index (χ0) is 13.9. The number of nitrogen functional groups attached to an aromatic ring is 1. The summed E-state index contributed by atoms with van der Waals surface area (Å²) in [6, 6.07) is 0. The average molecular weight is 273 g/mol. The third-order valence-electron chi connectivity index (χ3n) is 2.90. The zero-order valence-corrected chi connectivity index (χ0v) is 11.0. The fourth-order valence-corrected chi connectivity index (χ4v) is 1.96. The lowest BCUT2D eigenvalue weighted by molar-refractivity contribution is 0.767. The molecule has 0 aliphatic rings. The van der Waals surface area contributed by atoms with Crippen LogP contribution in [-0.4, -0.2) is 36.5 Å². The van der Waals surface area contributed by atoms with E-state index >= 15 is 0 Å². The molecule has 0 saturated carbocycles. The van der Waals surface area contributed by atoms with Crippen LogP contribution in [0.25, 0.3) is 11.0 Å². The van der Waals surface area contributed by atoms with Crippen molar-refractivity contribution >= 4 is 22.8 Å². The molecule has 0 aromatic carbocycles. The van der Waals surface area contributed by atoms with Gasteiger partial charge in [0.15, 0.2) is 5.65 Å². The lowest BCUT2D eigenvalue weighted by Gasteiger charge is -2.07. The van der Waals surface area contributed by atoms with Gasteiger partial charge in [0, 0.05) is 19.8 Å². The summed E-state index contributed by atoms with van der Waals surface area (Å²) in [6.07, 6.45) is 6.37. The quantitative estimate of drug-likeness (QED) is 0.382. The molecule has 0 atom stereocenters. The Hall–Kier alpha value is -2.68. The summed E-state index contributed by atoms with van der Waals surface area (Å²) in [6.45, 7) is 0.729. The summed E-state index contributed by atoms with van der Waals surface area (Å²) >= 11 is 0. The van der Waals surface area contributed by atoms with E-state index in [-0.39, 0.29) is 0 Å². The monoisotopic (exact) mass is 273 g/mol. The minimum Gasteiger partial charge on any atom is -0.369 e. The predicted octanol–water partition coefficient (Wildman–Crippen LogP) is 0.0266. The first-order valence-corrected chi connectivity index (χ1v) is 6.15. The summed E-state index contributed by atoms with van der Waals surface area (Å²) in [7, 11) is 1.90. The molecule has 0 spiro atoms. The van der Waals surface area contributed by atoms with Crippen molar-refractivity contribution in [1.29, 1.82) is 0 Å². The predicted molar refractivity (Wildman–Crippen MR) is 74.9 cm³/mol. The van der Waals surface area contributed by atoms with Crippen LogP contribution < -0.4 is 16.6 Å². The molecule has 3 aromatic heterocycles. The van der Waals surface area contributed by atoms with E-state index in [0.717, 1.165) is 23.9 Å². The summed E-state index contributed by atoms with van der Waals surface area (Å²) in [5.41, 5.74) is 4.24. The van der Waals surface area contributed by atoms with Gasteiger partial charge in [-0.2, -0.15) is 20.2 Å². The number of H-pyrrole nitrogens is 1. The molecule has 104 valence electrons. The van der Waals surface area contributed by atoms with Crippen molar-refractivity contribution in [2.24, 2.45) is 12.9 Å². The van der Waals surface area contributed by atoms with Gasteiger partial charge in [0.1, 0.15) is 5.82 Å². The molecule has 9 nitrogen and oxygen atoms in total. The van der Waals surface area contributed by atoms with Crippen molar-refractivity contribution in [3.05, 3.63) is 24.2 Å². The minimum atomic E-state index is 0.339. The van der Waals surface area contributed by atoms with Gasteiger partial charge in [0.25, 0.3) is 0 Å². The molecule has 5 N–H and O–H groups in total. The normalized spacial score (nSPS) is 10.9. The maximum absolute atomic E-state index is 5.35. The molecular formula is C11H15N9. The highest BCUT2D eigenvalue weighted by molar-refractivity contribution is 5.86. The topological polar surface area (TPSA) is 122 Å².